The fourth-order valence-corrected chi connectivity index (χ4v) is 3.87. The summed E-state index contributed by atoms with van der Waals surface area (Å²) < 4.78 is 6.05. The molecule has 0 aromatic carbocycles. The van der Waals surface area contributed by atoms with E-state index in [1.165, 1.54) is 38.5 Å². The summed E-state index contributed by atoms with van der Waals surface area (Å²) in [4.78, 5) is 20.5. The summed E-state index contributed by atoms with van der Waals surface area (Å²) in [5, 5.41) is 6.91. The molecule has 2 rings (SSSR count). The average molecular weight is 524 g/mol. The Morgan fingerprint density at radius 2 is 1.76 bits per heavy atom. The van der Waals surface area contributed by atoms with Crippen LogP contribution < -0.4 is 10.6 Å². The lowest BCUT2D eigenvalue weighted by Gasteiger charge is -2.33. The number of hydrogen-bond acceptors (Lipinski definition) is 4. The Hall–Kier alpha value is -0.610. The summed E-state index contributed by atoms with van der Waals surface area (Å²) in [5.74, 6) is 1.06. The molecule has 2 N–H and O–H groups in total. The summed E-state index contributed by atoms with van der Waals surface area (Å²) in [6.45, 7) is 6.75. The van der Waals surface area contributed by atoms with Crippen LogP contribution in [0.1, 0.15) is 58.3 Å². The van der Waals surface area contributed by atoms with Gasteiger partial charge in [-0.05, 0) is 32.6 Å². The number of hydrogen-bond donors (Lipinski definition) is 2. The number of rotatable bonds is 8. The Balaban J connectivity index is 0.00000420. The van der Waals surface area contributed by atoms with Crippen molar-refractivity contribution in [1.29, 1.82) is 0 Å². The Labute approximate surface area is 194 Å². The fraction of sp³-hybridized carbons (Fsp3) is 0.905. The number of aliphatic imine (C=N–C) groups is 1. The lowest BCUT2D eigenvalue weighted by atomic mass is 10.1. The third kappa shape index (κ3) is 10.8. The van der Waals surface area contributed by atoms with Crippen LogP contribution in [0.5, 0.6) is 0 Å². The summed E-state index contributed by atoms with van der Waals surface area (Å²) in [5.41, 5.74) is 0. The molecule has 8 heteroatoms. The molecule has 0 atom stereocenters. The van der Waals surface area contributed by atoms with Crippen LogP contribution in [0, 0.1) is 0 Å². The number of amides is 1. The standard InChI is InChI=1S/C21H41N5O2.HI/c1-4-22-21(23-13-16-28-19-9-7-5-6-8-10-19)24-18-11-14-26(15-12-18)17-20(27)25(2)3;/h18-19H,4-17H2,1-3H3,(H2,22,23,24);1H. The normalized spacial score (nSPS) is 19.9. The predicted molar refractivity (Wildman–Crippen MR) is 130 cm³/mol. The fourth-order valence-electron chi connectivity index (χ4n) is 3.87. The van der Waals surface area contributed by atoms with Crippen molar-refractivity contribution in [3.05, 3.63) is 0 Å². The maximum Gasteiger partial charge on any atom is 0.236 e. The van der Waals surface area contributed by atoms with Crippen molar-refractivity contribution in [2.45, 2.75) is 70.4 Å². The van der Waals surface area contributed by atoms with Crippen LogP contribution >= 0.6 is 24.0 Å². The van der Waals surface area contributed by atoms with E-state index in [1.807, 2.05) is 14.1 Å². The molecule has 1 aliphatic carbocycles. The van der Waals surface area contributed by atoms with E-state index >= 15 is 0 Å². The molecular formula is C21H42IN5O2. The van der Waals surface area contributed by atoms with E-state index in [0.717, 1.165) is 38.4 Å². The average Bonchev–Trinajstić information content (AvgIpc) is 2.95. The van der Waals surface area contributed by atoms with Gasteiger partial charge in [0.2, 0.25) is 5.91 Å². The highest BCUT2D eigenvalue weighted by atomic mass is 127. The largest absolute Gasteiger partial charge is 0.376 e. The zero-order valence-electron chi connectivity index (χ0n) is 18.6. The van der Waals surface area contributed by atoms with E-state index in [2.05, 4.69) is 22.5 Å². The van der Waals surface area contributed by atoms with Gasteiger partial charge in [0, 0.05) is 39.8 Å². The molecule has 1 amide bonds. The molecule has 1 saturated heterocycles. The second kappa shape index (κ2) is 15.2. The number of piperidine rings is 1. The van der Waals surface area contributed by atoms with Gasteiger partial charge >= 0.3 is 0 Å². The van der Waals surface area contributed by atoms with Crippen molar-refractivity contribution in [3.63, 3.8) is 0 Å². The summed E-state index contributed by atoms with van der Waals surface area (Å²) in [6.07, 6.45) is 10.2. The maximum atomic E-state index is 11.9. The number of likely N-dealkylation sites (tertiary alicyclic amines) is 1. The van der Waals surface area contributed by atoms with Crippen LogP contribution in [0.4, 0.5) is 0 Å². The molecule has 1 aliphatic heterocycles. The van der Waals surface area contributed by atoms with Crippen LogP contribution in [0.15, 0.2) is 4.99 Å². The number of carbonyl (C=O) groups is 1. The van der Waals surface area contributed by atoms with E-state index in [4.69, 9.17) is 9.73 Å². The van der Waals surface area contributed by atoms with Crippen molar-refractivity contribution in [2.24, 2.45) is 4.99 Å². The Morgan fingerprint density at radius 3 is 2.34 bits per heavy atom. The van der Waals surface area contributed by atoms with Crippen molar-refractivity contribution in [1.82, 2.24) is 20.4 Å². The second-order valence-electron chi connectivity index (χ2n) is 8.23. The van der Waals surface area contributed by atoms with Gasteiger partial charge in [-0.3, -0.25) is 14.7 Å². The first kappa shape index (κ1) is 26.4. The molecule has 7 nitrogen and oxygen atoms in total. The third-order valence-electron chi connectivity index (χ3n) is 5.65. The highest BCUT2D eigenvalue weighted by Crippen LogP contribution is 2.19. The molecule has 0 bridgehead atoms. The molecule has 170 valence electrons. The molecule has 0 aromatic rings. The van der Waals surface area contributed by atoms with Gasteiger partial charge in [0.15, 0.2) is 5.96 Å². The maximum absolute atomic E-state index is 11.9. The number of carbonyl (C=O) groups excluding carboxylic acids is 1. The molecule has 29 heavy (non-hydrogen) atoms. The van der Waals surface area contributed by atoms with Gasteiger partial charge in [0.25, 0.3) is 0 Å². The number of nitrogens with one attached hydrogen (secondary N) is 2. The number of nitrogens with zero attached hydrogens (tertiary/aromatic N) is 3. The number of ether oxygens (including phenoxy) is 1. The van der Waals surface area contributed by atoms with Gasteiger partial charge in [-0.15, -0.1) is 24.0 Å². The quantitative estimate of drug-likeness (QED) is 0.168. The molecular weight excluding hydrogens is 481 g/mol. The molecule has 1 saturated carbocycles. The number of halogens is 1. The zero-order chi connectivity index (χ0) is 20.2. The zero-order valence-corrected chi connectivity index (χ0v) is 21.0. The molecule has 2 aliphatic rings. The highest BCUT2D eigenvalue weighted by molar-refractivity contribution is 14.0. The first-order chi connectivity index (χ1) is 13.6. The van der Waals surface area contributed by atoms with Gasteiger partial charge in [-0.2, -0.15) is 0 Å². The minimum atomic E-state index is 0. The van der Waals surface area contributed by atoms with Crippen LogP contribution in [0.2, 0.25) is 0 Å². The van der Waals surface area contributed by atoms with E-state index in [1.54, 1.807) is 4.90 Å². The van der Waals surface area contributed by atoms with E-state index in [-0.39, 0.29) is 29.9 Å². The van der Waals surface area contributed by atoms with Crippen LogP contribution in [0.3, 0.4) is 0 Å². The highest BCUT2D eigenvalue weighted by Gasteiger charge is 2.22. The lowest BCUT2D eigenvalue weighted by molar-refractivity contribution is -0.130. The SMILES string of the molecule is CCNC(=NCCOC1CCCCCC1)NC1CCN(CC(=O)N(C)C)CC1.I. The van der Waals surface area contributed by atoms with Crippen LogP contribution in [-0.4, -0.2) is 87.2 Å². The second-order valence-corrected chi connectivity index (χ2v) is 8.23. The Kier molecular flexibility index (Phi) is 13.9. The topological polar surface area (TPSA) is 69.2 Å². The van der Waals surface area contributed by atoms with E-state index in [9.17, 15) is 4.79 Å². The smallest absolute Gasteiger partial charge is 0.236 e. The van der Waals surface area contributed by atoms with Gasteiger partial charge in [-0.25, -0.2) is 0 Å². The van der Waals surface area contributed by atoms with E-state index < -0.39 is 0 Å². The van der Waals surface area contributed by atoms with Gasteiger partial charge in [-0.1, -0.05) is 25.7 Å². The van der Waals surface area contributed by atoms with Crippen molar-refractivity contribution >= 4 is 35.8 Å². The minimum absolute atomic E-state index is 0. The number of likely N-dealkylation sites (N-methyl/N-ethyl adjacent to an activating group) is 1. The van der Waals surface area contributed by atoms with Crippen LogP contribution in [-0.2, 0) is 9.53 Å². The summed E-state index contributed by atoms with van der Waals surface area (Å²) >= 11 is 0. The Morgan fingerprint density at radius 1 is 1.10 bits per heavy atom. The predicted octanol–water partition coefficient (Wildman–Crippen LogP) is 2.45. The molecule has 2 fully saturated rings. The minimum Gasteiger partial charge on any atom is -0.376 e. The monoisotopic (exact) mass is 523 g/mol. The first-order valence-corrected chi connectivity index (χ1v) is 11.2. The molecule has 1 heterocycles. The van der Waals surface area contributed by atoms with Gasteiger partial charge in [0.1, 0.15) is 0 Å². The van der Waals surface area contributed by atoms with E-state index in [0.29, 0.717) is 31.8 Å². The van der Waals surface area contributed by atoms with Gasteiger partial charge < -0.3 is 20.3 Å². The lowest BCUT2D eigenvalue weighted by Crippen LogP contribution is -2.50. The molecule has 0 unspecified atom stereocenters. The third-order valence-corrected chi connectivity index (χ3v) is 5.65. The first-order valence-electron chi connectivity index (χ1n) is 11.2. The molecule has 0 spiro atoms. The summed E-state index contributed by atoms with van der Waals surface area (Å²) in [7, 11) is 3.63. The number of guanidine groups is 1. The van der Waals surface area contributed by atoms with Crippen molar-refractivity contribution in [2.75, 3.05) is 53.4 Å². The van der Waals surface area contributed by atoms with Crippen LogP contribution in [0.25, 0.3) is 0 Å². The molecule has 0 aromatic heterocycles. The van der Waals surface area contributed by atoms with Gasteiger partial charge in [0.05, 0.1) is 25.8 Å². The summed E-state index contributed by atoms with van der Waals surface area (Å²) in [6, 6.07) is 0.409. The Bertz CT molecular complexity index is 474. The van der Waals surface area contributed by atoms with Crippen molar-refractivity contribution in [3.8, 4) is 0 Å². The van der Waals surface area contributed by atoms with Crippen molar-refractivity contribution < 1.29 is 9.53 Å². The molecule has 0 radical (unpaired) electrons.